The van der Waals surface area contributed by atoms with Crippen molar-refractivity contribution in [1.82, 2.24) is 9.97 Å². The van der Waals surface area contributed by atoms with Crippen molar-refractivity contribution in [3.63, 3.8) is 0 Å². The molecule has 1 fully saturated rings. The van der Waals surface area contributed by atoms with Crippen LogP contribution < -0.4 is 4.90 Å². The zero-order chi connectivity index (χ0) is 11.5. The summed E-state index contributed by atoms with van der Waals surface area (Å²) >= 11 is 8.74. The summed E-state index contributed by atoms with van der Waals surface area (Å²) in [6, 6.07) is 0. The quantitative estimate of drug-likeness (QED) is 0.849. The number of aryl methyl sites for hydroxylation is 1. The van der Waals surface area contributed by atoms with Crippen LogP contribution in [0.1, 0.15) is 31.9 Å². The normalized spacial score (nSPS) is 16.5. The Morgan fingerprint density at radius 2 is 2.06 bits per heavy atom. The van der Waals surface area contributed by atoms with Crippen molar-refractivity contribution >= 4 is 34.1 Å². The van der Waals surface area contributed by atoms with Gasteiger partial charge in [0.25, 0.3) is 0 Å². The summed E-state index contributed by atoms with van der Waals surface area (Å²) in [5, 5.41) is 0. The van der Waals surface area contributed by atoms with Gasteiger partial charge >= 0.3 is 0 Å². The molecule has 0 aromatic carbocycles. The Hall–Kier alpha value is -0.420. The molecule has 0 bridgehead atoms. The summed E-state index contributed by atoms with van der Waals surface area (Å²) in [4.78, 5) is 10.1. The lowest BCUT2D eigenvalue weighted by Crippen LogP contribution is -2.31. The molecule has 1 aliphatic rings. The van der Waals surface area contributed by atoms with E-state index in [1.165, 1.54) is 19.3 Å². The molecule has 16 heavy (non-hydrogen) atoms. The fraction of sp³-hybridized carbons (Fsp3) is 0.636. The van der Waals surface area contributed by atoms with Gasteiger partial charge in [0.1, 0.15) is 4.64 Å². The van der Waals surface area contributed by atoms with Crippen LogP contribution in [-0.4, -0.2) is 23.1 Å². The molecule has 0 radical (unpaired) electrons. The maximum Gasteiger partial charge on any atom is 0.204 e. The number of aromatic nitrogens is 2. The monoisotopic (exact) mass is 301 g/mol. The van der Waals surface area contributed by atoms with Gasteiger partial charge in [-0.1, -0.05) is 19.1 Å². The van der Waals surface area contributed by atoms with E-state index in [0.717, 1.165) is 35.6 Å². The number of halogens is 1. The van der Waals surface area contributed by atoms with Crippen LogP contribution in [0.2, 0.25) is 0 Å². The first-order valence-corrected chi connectivity index (χ1v) is 6.96. The minimum Gasteiger partial charge on any atom is -0.342 e. The minimum absolute atomic E-state index is 0.663. The smallest absolute Gasteiger partial charge is 0.204 e. The Kier molecular flexibility index (Phi) is 3.97. The molecule has 2 heterocycles. The molecular formula is C11H16BrN3S. The molecule has 5 heteroatoms. The number of anilines is 1. The second-order valence-corrected chi connectivity index (χ2v) is 5.24. The summed E-state index contributed by atoms with van der Waals surface area (Å²) in [6.45, 7) is 4.29. The Balaban J connectivity index is 2.33. The lowest BCUT2D eigenvalue weighted by Gasteiger charge is -2.27. The van der Waals surface area contributed by atoms with Crippen molar-refractivity contribution < 1.29 is 0 Å². The molecule has 0 amide bonds. The molecule has 88 valence electrons. The molecule has 0 saturated carbocycles. The van der Waals surface area contributed by atoms with Crippen LogP contribution in [-0.2, 0) is 6.42 Å². The van der Waals surface area contributed by atoms with Gasteiger partial charge in [0, 0.05) is 18.8 Å². The van der Waals surface area contributed by atoms with Crippen LogP contribution in [0.5, 0.6) is 0 Å². The van der Waals surface area contributed by atoms with E-state index in [-0.39, 0.29) is 0 Å². The number of rotatable bonds is 2. The lowest BCUT2D eigenvalue weighted by molar-refractivity contribution is 0.567. The SMILES string of the molecule is CCc1[nH]c(N2CCCCC2)nc(=S)c1Br. The molecule has 1 aromatic heterocycles. The highest BCUT2D eigenvalue weighted by molar-refractivity contribution is 9.10. The number of nitrogens with one attached hydrogen (secondary N) is 1. The van der Waals surface area contributed by atoms with Crippen LogP contribution in [0, 0.1) is 4.64 Å². The molecule has 0 spiro atoms. The Bertz CT molecular complexity index is 424. The standard InChI is InChI=1S/C11H16BrN3S/c1-2-8-9(12)10(16)14-11(13-8)15-6-4-3-5-7-15/h2-7H2,1H3,(H,13,14,16). The Labute approximate surface area is 109 Å². The topological polar surface area (TPSA) is 31.9 Å². The first-order chi connectivity index (χ1) is 7.72. The van der Waals surface area contributed by atoms with Gasteiger partial charge in [-0.3, -0.25) is 0 Å². The van der Waals surface area contributed by atoms with Gasteiger partial charge in [-0.25, -0.2) is 4.98 Å². The van der Waals surface area contributed by atoms with Crippen molar-refractivity contribution in [3.05, 3.63) is 14.8 Å². The van der Waals surface area contributed by atoms with Crippen LogP contribution in [0.3, 0.4) is 0 Å². The average molecular weight is 302 g/mol. The second kappa shape index (κ2) is 5.27. The Morgan fingerprint density at radius 1 is 1.38 bits per heavy atom. The van der Waals surface area contributed by atoms with Crippen molar-refractivity contribution in [2.24, 2.45) is 0 Å². The average Bonchev–Trinajstić information content (AvgIpc) is 2.33. The largest absolute Gasteiger partial charge is 0.342 e. The van der Waals surface area contributed by atoms with Crippen molar-refractivity contribution in [2.45, 2.75) is 32.6 Å². The van der Waals surface area contributed by atoms with Gasteiger partial charge in [-0.05, 0) is 41.6 Å². The summed E-state index contributed by atoms with van der Waals surface area (Å²) in [6.07, 6.45) is 4.77. The highest BCUT2D eigenvalue weighted by atomic mass is 79.9. The molecular weight excluding hydrogens is 286 g/mol. The second-order valence-electron chi connectivity index (χ2n) is 4.06. The van der Waals surface area contributed by atoms with Gasteiger partial charge in [0.05, 0.1) is 4.47 Å². The fourth-order valence-electron chi connectivity index (χ4n) is 1.99. The van der Waals surface area contributed by atoms with Gasteiger partial charge in [-0.2, -0.15) is 0 Å². The predicted octanol–water partition coefficient (Wildman–Crippen LogP) is 3.45. The zero-order valence-corrected chi connectivity index (χ0v) is 11.8. The molecule has 0 unspecified atom stereocenters. The van der Waals surface area contributed by atoms with E-state index in [9.17, 15) is 0 Å². The maximum absolute atomic E-state index is 5.26. The molecule has 0 atom stereocenters. The lowest BCUT2D eigenvalue weighted by atomic mass is 10.1. The first-order valence-electron chi connectivity index (χ1n) is 5.76. The van der Waals surface area contributed by atoms with E-state index in [0.29, 0.717) is 4.64 Å². The highest BCUT2D eigenvalue weighted by Crippen LogP contribution is 2.21. The van der Waals surface area contributed by atoms with E-state index in [2.05, 4.69) is 37.7 Å². The minimum atomic E-state index is 0.663. The third-order valence-corrected chi connectivity index (χ3v) is 4.34. The summed E-state index contributed by atoms with van der Waals surface area (Å²) in [5.74, 6) is 0.935. The van der Waals surface area contributed by atoms with Gasteiger partial charge in [0.15, 0.2) is 0 Å². The number of nitrogens with zero attached hydrogens (tertiary/aromatic N) is 2. The first kappa shape index (κ1) is 12.0. The van der Waals surface area contributed by atoms with Crippen molar-refractivity contribution in [1.29, 1.82) is 0 Å². The van der Waals surface area contributed by atoms with Crippen LogP contribution in [0.4, 0.5) is 5.95 Å². The van der Waals surface area contributed by atoms with Crippen LogP contribution in [0.25, 0.3) is 0 Å². The van der Waals surface area contributed by atoms with E-state index in [1.807, 2.05) is 0 Å². The third-order valence-electron chi connectivity index (χ3n) is 2.93. The number of hydrogen-bond acceptors (Lipinski definition) is 3. The Morgan fingerprint density at radius 3 is 2.69 bits per heavy atom. The zero-order valence-electron chi connectivity index (χ0n) is 9.42. The van der Waals surface area contributed by atoms with Crippen LogP contribution >= 0.6 is 28.1 Å². The van der Waals surface area contributed by atoms with Crippen molar-refractivity contribution in [2.75, 3.05) is 18.0 Å². The predicted molar refractivity (Wildman–Crippen MR) is 72.6 cm³/mol. The summed E-state index contributed by atoms with van der Waals surface area (Å²) in [5.41, 5.74) is 1.14. The summed E-state index contributed by atoms with van der Waals surface area (Å²) < 4.78 is 1.60. The number of piperidine rings is 1. The van der Waals surface area contributed by atoms with E-state index in [1.54, 1.807) is 0 Å². The highest BCUT2D eigenvalue weighted by Gasteiger charge is 2.14. The third kappa shape index (κ3) is 2.46. The van der Waals surface area contributed by atoms with Gasteiger partial charge in [-0.15, -0.1) is 0 Å². The molecule has 0 aliphatic carbocycles. The van der Waals surface area contributed by atoms with Gasteiger partial charge < -0.3 is 9.88 Å². The molecule has 1 aromatic rings. The molecule has 1 N–H and O–H groups in total. The molecule has 2 rings (SSSR count). The van der Waals surface area contributed by atoms with E-state index < -0.39 is 0 Å². The summed E-state index contributed by atoms with van der Waals surface area (Å²) in [7, 11) is 0. The molecule has 3 nitrogen and oxygen atoms in total. The number of hydrogen-bond donors (Lipinski definition) is 1. The van der Waals surface area contributed by atoms with Gasteiger partial charge in [0.2, 0.25) is 5.95 Å². The fourth-order valence-corrected chi connectivity index (χ4v) is 2.67. The molecule has 1 saturated heterocycles. The molecule has 1 aliphatic heterocycles. The number of H-pyrrole nitrogens is 1. The van der Waals surface area contributed by atoms with E-state index >= 15 is 0 Å². The van der Waals surface area contributed by atoms with Crippen molar-refractivity contribution in [3.8, 4) is 0 Å². The van der Waals surface area contributed by atoms with E-state index in [4.69, 9.17) is 12.2 Å². The van der Waals surface area contributed by atoms with Crippen LogP contribution in [0.15, 0.2) is 4.47 Å². The number of aromatic amines is 1. The maximum atomic E-state index is 5.26.